The molecule has 4 heteroatoms. The minimum atomic E-state index is 0.892. The van der Waals surface area contributed by atoms with Gasteiger partial charge < -0.3 is 5.32 Å². The fraction of sp³-hybridized carbons (Fsp3) is 0.364. The zero-order chi connectivity index (χ0) is 10.5. The van der Waals surface area contributed by atoms with E-state index in [0.717, 1.165) is 25.2 Å². The molecule has 0 bridgehead atoms. The van der Waals surface area contributed by atoms with Crippen LogP contribution in [0.2, 0.25) is 0 Å². The van der Waals surface area contributed by atoms with Crippen molar-refractivity contribution in [1.82, 2.24) is 10.3 Å². The summed E-state index contributed by atoms with van der Waals surface area (Å²) in [5, 5.41) is 11.0. The quantitative estimate of drug-likeness (QED) is 0.810. The first-order valence-electron chi connectivity index (χ1n) is 4.97. The van der Waals surface area contributed by atoms with E-state index in [2.05, 4.69) is 32.5 Å². The fourth-order valence-electron chi connectivity index (χ4n) is 1.35. The summed E-state index contributed by atoms with van der Waals surface area (Å²) >= 11 is 3.49. The monoisotopic (exact) mass is 238 g/mol. The first kappa shape index (κ1) is 10.8. The van der Waals surface area contributed by atoms with Gasteiger partial charge >= 0.3 is 0 Å². The summed E-state index contributed by atoms with van der Waals surface area (Å²) in [7, 11) is 0. The van der Waals surface area contributed by atoms with Gasteiger partial charge in [0.15, 0.2) is 0 Å². The van der Waals surface area contributed by atoms with E-state index in [0.29, 0.717) is 0 Å². The lowest BCUT2D eigenvalue weighted by Crippen LogP contribution is -2.16. The molecule has 0 saturated heterocycles. The molecule has 0 atom stereocenters. The Bertz CT molecular complexity index is 392. The SMILES string of the molecule is Cc1csc(CNCCc2ccsc2)n1. The smallest absolute Gasteiger partial charge is 0.107 e. The molecule has 2 heterocycles. The van der Waals surface area contributed by atoms with Crippen LogP contribution in [0.5, 0.6) is 0 Å². The van der Waals surface area contributed by atoms with Gasteiger partial charge in [-0.15, -0.1) is 11.3 Å². The van der Waals surface area contributed by atoms with Crippen LogP contribution in [0.25, 0.3) is 0 Å². The highest BCUT2D eigenvalue weighted by atomic mass is 32.1. The van der Waals surface area contributed by atoms with Gasteiger partial charge in [0.05, 0.1) is 0 Å². The first-order chi connectivity index (χ1) is 7.34. The van der Waals surface area contributed by atoms with Crippen LogP contribution in [0.1, 0.15) is 16.3 Å². The molecule has 0 aliphatic rings. The Hall–Kier alpha value is -0.710. The van der Waals surface area contributed by atoms with Crippen LogP contribution >= 0.6 is 22.7 Å². The summed E-state index contributed by atoms with van der Waals surface area (Å²) in [5.41, 5.74) is 2.54. The standard InChI is InChI=1S/C11H14N2S2/c1-9-7-15-11(13-9)6-12-4-2-10-3-5-14-8-10/h3,5,7-8,12H,2,4,6H2,1H3. The van der Waals surface area contributed by atoms with Crippen LogP contribution in [-0.2, 0) is 13.0 Å². The Morgan fingerprint density at radius 2 is 2.33 bits per heavy atom. The molecule has 0 fully saturated rings. The predicted octanol–water partition coefficient (Wildman–Crippen LogP) is 2.85. The molecule has 2 aromatic heterocycles. The number of nitrogens with zero attached hydrogens (tertiary/aromatic N) is 1. The van der Waals surface area contributed by atoms with Crippen molar-refractivity contribution in [1.29, 1.82) is 0 Å². The molecule has 2 nitrogen and oxygen atoms in total. The summed E-state index contributed by atoms with van der Waals surface area (Å²) in [6.07, 6.45) is 1.11. The molecule has 0 saturated carbocycles. The van der Waals surface area contributed by atoms with Gasteiger partial charge in [0.1, 0.15) is 5.01 Å². The Kier molecular flexibility index (Phi) is 3.88. The Balaban J connectivity index is 1.67. The van der Waals surface area contributed by atoms with Gasteiger partial charge in [0.25, 0.3) is 0 Å². The second-order valence-corrected chi connectivity index (χ2v) is 5.16. The van der Waals surface area contributed by atoms with Gasteiger partial charge in [-0.05, 0) is 42.3 Å². The van der Waals surface area contributed by atoms with Crippen LogP contribution in [0, 0.1) is 6.92 Å². The Morgan fingerprint density at radius 1 is 1.40 bits per heavy atom. The number of aryl methyl sites for hydroxylation is 1. The molecule has 2 rings (SSSR count). The van der Waals surface area contributed by atoms with Crippen LogP contribution in [0.15, 0.2) is 22.2 Å². The maximum absolute atomic E-state index is 4.40. The number of rotatable bonds is 5. The summed E-state index contributed by atoms with van der Waals surface area (Å²) in [4.78, 5) is 4.40. The topological polar surface area (TPSA) is 24.9 Å². The zero-order valence-electron chi connectivity index (χ0n) is 8.69. The molecule has 15 heavy (non-hydrogen) atoms. The van der Waals surface area contributed by atoms with E-state index in [4.69, 9.17) is 0 Å². The first-order valence-corrected chi connectivity index (χ1v) is 6.79. The van der Waals surface area contributed by atoms with Crippen molar-refractivity contribution in [2.75, 3.05) is 6.54 Å². The van der Waals surface area contributed by atoms with Crippen molar-refractivity contribution >= 4 is 22.7 Å². The summed E-state index contributed by atoms with van der Waals surface area (Å²) in [6, 6.07) is 2.18. The molecule has 1 N–H and O–H groups in total. The molecular weight excluding hydrogens is 224 g/mol. The predicted molar refractivity (Wildman–Crippen MR) is 66.6 cm³/mol. The van der Waals surface area contributed by atoms with Crippen LogP contribution in [0.4, 0.5) is 0 Å². The van der Waals surface area contributed by atoms with E-state index in [-0.39, 0.29) is 0 Å². The third-order valence-electron chi connectivity index (χ3n) is 2.11. The molecule has 0 aliphatic heterocycles. The minimum Gasteiger partial charge on any atom is -0.310 e. The molecule has 2 aromatic rings. The number of aromatic nitrogens is 1. The highest BCUT2D eigenvalue weighted by Gasteiger charge is 1.98. The van der Waals surface area contributed by atoms with Crippen molar-refractivity contribution in [3.63, 3.8) is 0 Å². The number of thiazole rings is 1. The Morgan fingerprint density at radius 3 is 3.00 bits per heavy atom. The highest BCUT2D eigenvalue weighted by Crippen LogP contribution is 2.08. The van der Waals surface area contributed by atoms with Gasteiger partial charge in [-0.1, -0.05) is 0 Å². The van der Waals surface area contributed by atoms with E-state index >= 15 is 0 Å². The van der Waals surface area contributed by atoms with Gasteiger partial charge in [-0.2, -0.15) is 11.3 Å². The summed E-state index contributed by atoms with van der Waals surface area (Å²) in [6.45, 7) is 3.95. The van der Waals surface area contributed by atoms with E-state index in [1.165, 1.54) is 10.6 Å². The Labute approximate surface area is 98.0 Å². The van der Waals surface area contributed by atoms with Crippen molar-refractivity contribution in [2.45, 2.75) is 19.9 Å². The van der Waals surface area contributed by atoms with Gasteiger partial charge in [-0.25, -0.2) is 4.98 Å². The molecule has 0 amide bonds. The van der Waals surface area contributed by atoms with Crippen LogP contribution in [0.3, 0.4) is 0 Å². The average molecular weight is 238 g/mol. The maximum atomic E-state index is 4.40. The van der Waals surface area contributed by atoms with Gasteiger partial charge in [0.2, 0.25) is 0 Å². The van der Waals surface area contributed by atoms with E-state index in [9.17, 15) is 0 Å². The number of thiophene rings is 1. The largest absolute Gasteiger partial charge is 0.310 e. The summed E-state index contributed by atoms with van der Waals surface area (Å²) < 4.78 is 0. The van der Waals surface area contributed by atoms with Gasteiger partial charge in [0, 0.05) is 17.6 Å². The molecule has 0 spiro atoms. The number of hydrogen-bond donors (Lipinski definition) is 1. The van der Waals surface area contributed by atoms with E-state index < -0.39 is 0 Å². The highest BCUT2D eigenvalue weighted by molar-refractivity contribution is 7.09. The average Bonchev–Trinajstić information content (AvgIpc) is 2.84. The van der Waals surface area contributed by atoms with Crippen LogP contribution in [-0.4, -0.2) is 11.5 Å². The van der Waals surface area contributed by atoms with Crippen molar-refractivity contribution in [2.24, 2.45) is 0 Å². The van der Waals surface area contributed by atoms with Gasteiger partial charge in [-0.3, -0.25) is 0 Å². The van der Waals surface area contributed by atoms with Crippen molar-refractivity contribution in [3.8, 4) is 0 Å². The van der Waals surface area contributed by atoms with Crippen LogP contribution < -0.4 is 5.32 Å². The van der Waals surface area contributed by atoms with E-state index in [1.54, 1.807) is 22.7 Å². The maximum Gasteiger partial charge on any atom is 0.107 e. The lowest BCUT2D eigenvalue weighted by molar-refractivity contribution is 0.684. The molecule has 0 unspecified atom stereocenters. The van der Waals surface area contributed by atoms with Crippen molar-refractivity contribution in [3.05, 3.63) is 38.5 Å². The van der Waals surface area contributed by atoms with Crippen molar-refractivity contribution < 1.29 is 0 Å². The zero-order valence-corrected chi connectivity index (χ0v) is 10.3. The molecule has 80 valence electrons. The number of hydrogen-bond acceptors (Lipinski definition) is 4. The molecule has 0 aromatic carbocycles. The second-order valence-electron chi connectivity index (χ2n) is 3.44. The third kappa shape index (κ3) is 3.41. The lowest BCUT2D eigenvalue weighted by Gasteiger charge is -2.00. The van der Waals surface area contributed by atoms with E-state index in [1.807, 2.05) is 6.92 Å². The third-order valence-corrected chi connectivity index (χ3v) is 3.81. The fourth-order valence-corrected chi connectivity index (χ4v) is 2.79. The molecule has 0 aliphatic carbocycles. The normalized spacial score (nSPS) is 10.7. The molecular formula is C11H14N2S2. The summed E-state index contributed by atoms with van der Waals surface area (Å²) in [5.74, 6) is 0. The second kappa shape index (κ2) is 5.39. The molecule has 0 radical (unpaired) electrons. The minimum absolute atomic E-state index is 0.892. The lowest BCUT2D eigenvalue weighted by atomic mass is 10.2. The number of nitrogens with one attached hydrogen (secondary N) is 1.